The van der Waals surface area contributed by atoms with E-state index < -0.39 is 261 Å². The highest BCUT2D eigenvalue weighted by atomic mass is 16.4. The number of hydrogen-bond donors (Lipinski definition) is 28. The van der Waals surface area contributed by atoms with Gasteiger partial charge in [0.05, 0.1) is 58.0 Å². The minimum atomic E-state index is -2.15. The van der Waals surface area contributed by atoms with Gasteiger partial charge in [-0.05, 0) is 141 Å². The van der Waals surface area contributed by atoms with E-state index in [0.717, 1.165) is 11.8 Å². The zero-order valence-electron chi connectivity index (χ0n) is 73.3. The lowest BCUT2D eigenvalue weighted by Gasteiger charge is -2.31. The molecular weight excluding hydrogens is 1740 g/mol. The first-order valence-corrected chi connectivity index (χ1v) is 42.4. The predicted molar refractivity (Wildman–Crippen MR) is 465 cm³/mol. The van der Waals surface area contributed by atoms with Gasteiger partial charge in [-0.15, -0.1) is 0 Å². The number of amides is 17. The van der Waals surface area contributed by atoms with Gasteiger partial charge in [0, 0.05) is 25.8 Å². The van der Waals surface area contributed by atoms with Crippen LogP contribution in [-0.4, -0.2) is 305 Å². The van der Waals surface area contributed by atoms with Crippen molar-refractivity contribution in [3.63, 3.8) is 0 Å². The maximum absolute atomic E-state index is 14.6. The highest BCUT2D eigenvalue weighted by Crippen LogP contribution is 2.23. The van der Waals surface area contributed by atoms with Crippen molar-refractivity contribution in [3.8, 4) is 23.0 Å². The molecule has 4 aromatic carbocycles. The smallest absolute Gasteiger partial charge is 0.328 e. The Bertz CT molecular complexity index is 4630. The summed E-state index contributed by atoms with van der Waals surface area (Å²) in [7, 11) is 0. The number of unbranched alkanes of at least 4 members (excludes halogenated alkanes) is 1. The van der Waals surface area contributed by atoms with Crippen LogP contribution in [0.15, 0.2) is 97.1 Å². The molecule has 17 atom stereocenters. The van der Waals surface area contributed by atoms with Gasteiger partial charge in [0.25, 0.3) is 0 Å². The molecule has 1 aliphatic heterocycles. The number of rotatable bonds is 55. The van der Waals surface area contributed by atoms with Gasteiger partial charge in [-0.1, -0.05) is 82.6 Å². The van der Waals surface area contributed by atoms with Crippen LogP contribution in [0.4, 0.5) is 0 Å². The second-order valence-corrected chi connectivity index (χ2v) is 32.2. The number of aliphatic hydroxyl groups is 5. The fraction of sp³-hybridized carbons (Fsp3) is 0.506. The molecule has 1 heterocycles. The number of likely N-dealkylation sites (tertiary alicyclic amines) is 1. The van der Waals surface area contributed by atoms with E-state index in [1.807, 2.05) is 0 Å². The Labute approximate surface area is 758 Å². The molecule has 1 fully saturated rings. The number of nitrogens with one attached hydrogen (secondary N) is 14. The average Bonchev–Trinajstić information content (AvgIpc) is 1.64. The quantitative estimate of drug-likeness (QED) is 0.0183. The molecule has 0 saturated carbocycles. The van der Waals surface area contributed by atoms with Crippen LogP contribution in [0, 0.1) is 11.8 Å². The monoisotopic (exact) mass is 1860 g/mol. The van der Waals surface area contributed by atoms with E-state index in [2.05, 4.69) is 74.4 Å². The SMILES string of the molecule is CC[C@H](C)[C@H](NC(=O)[C@@H](N)Cc1ccc(O)cc1)C(=O)N[C@@H](Cc1ccc(O)cc1)C(=O)N[C@@H](Cc1ccc(O)cc1)C(=O)N[C@@H](CO)C(=O)NCC(=O)N[C@@H](CO)C(=O)N[C@H](C(=O)N[C@@H](CC(N)=O)C(=O)N[C@@H](Cc1ccc(O)cc1)C(=O)N[C@@H](CC(N)=O)C(=O)N1CCC[C@H]1C(=O)N[C@@H](CO)C(=O)N[C@@H](CC(C)C)C(=O)N[C@@H](CCCCN)C(=O)N[C@@H](CO)C(=O)O)[C@@H](C)O. The van der Waals surface area contributed by atoms with Crippen molar-refractivity contribution >= 4 is 106 Å². The summed E-state index contributed by atoms with van der Waals surface area (Å²) in [6.45, 7) is 2.07. The Morgan fingerprint density at radius 3 is 1.20 bits per heavy atom. The highest BCUT2D eigenvalue weighted by Gasteiger charge is 2.43. The Morgan fingerprint density at radius 2 is 0.765 bits per heavy atom. The zero-order valence-corrected chi connectivity index (χ0v) is 73.3. The Kier molecular flexibility index (Phi) is 44.5. The lowest BCUT2D eigenvalue weighted by Crippen LogP contribution is -2.62. The first kappa shape index (κ1) is 109. The first-order chi connectivity index (χ1) is 62.4. The molecule has 47 heteroatoms. The van der Waals surface area contributed by atoms with Gasteiger partial charge in [0.2, 0.25) is 100 Å². The van der Waals surface area contributed by atoms with E-state index in [0.29, 0.717) is 29.5 Å². The van der Waals surface area contributed by atoms with Crippen LogP contribution in [-0.2, 0) is 112 Å². The van der Waals surface area contributed by atoms with Crippen molar-refractivity contribution in [3.05, 3.63) is 119 Å². The van der Waals surface area contributed by atoms with Crippen molar-refractivity contribution in [2.75, 3.05) is 46.1 Å². The molecule has 0 radical (unpaired) electrons. The number of aromatic hydroxyl groups is 4. The van der Waals surface area contributed by atoms with E-state index in [1.165, 1.54) is 84.9 Å². The van der Waals surface area contributed by atoms with Gasteiger partial charge in [-0.25, -0.2) is 4.79 Å². The molecule has 132 heavy (non-hydrogen) atoms. The van der Waals surface area contributed by atoms with Gasteiger partial charge < -0.3 is 153 Å². The van der Waals surface area contributed by atoms with E-state index in [-0.39, 0.29) is 98.9 Å². The number of phenolic OH excluding ortho intramolecular Hbond substituents is 4. The lowest BCUT2D eigenvalue weighted by atomic mass is 9.96. The molecule has 0 aromatic heterocycles. The summed E-state index contributed by atoms with van der Waals surface area (Å²) in [4.78, 5) is 249. The Morgan fingerprint density at radius 1 is 0.409 bits per heavy atom. The third-order valence-electron chi connectivity index (χ3n) is 21.1. The molecule has 17 amide bonds. The van der Waals surface area contributed by atoms with Crippen LogP contribution in [0.2, 0.25) is 0 Å². The van der Waals surface area contributed by atoms with E-state index in [4.69, 9.17) is 22.9 Å². The number of carbonyl (C=O) groups excluding carboxylic acids is 17. The van der Waals surface area contributed by atoms with Crippen LogP contribution < -0.4 is 97.4 Å². The number of carbonyl (C=O) groups is 18. The number of benzene rings is 4. The van der Waals surface area contributed by atoms with E-state index in [9.17, 15) is 137 Å². The van der Waals surface area contributed by atoms with Gasteiger partial charge >= 0.3 is 5.97 Å². The minimum absolute atomic E-state index is 0.00757. The normalized spacial score (nSPS) is 15.9. The molecule has 5 rings (SSSR count). The number of primary amides is 2. The second kappa shape index (κ2) is 54.0. The van der Waals surface area contributed by atoms with Crippen molar-refractivity contribution < 1.29 is 137 Å². The Balaban J connectivity index is 1.29. The molecule has 0 unspecified atom stereocenters. The maximum atomic E-state index is 14.6. The first-order valence-electron chi connectivity index (χ1n) is 42.4. The molecule has 47 nitrogen and oxygen atoms in total. The van der Waals surface area contributed by atoms with Crippen molar-refractivity contribution in [1.82, 2.24) is 79.3 Å². The minimum Gasteiger partial charge on any atom is -0.508 e. The third-order valence-corrected chi connectivity index (χ3v) is 21.1. The van der Waals surface area contributed by atoms with Crippen molar-refractivity contribution in [2.24, 2.45) is 34.8 Å². The molecular formula is C85H121N19O28. The number of aliphatic hydroxyl groups excluding tert-OH is 5. The second-order valence-electron chi connectivity index (χ2n) is 32.2. The molecule has 1 aliphatic rings. The Hall–Kier alpha value is -13.7. The summed E-state index contributed by atoms with van der Waals surface area (Å²) >= 11 is 0. The predicted octanol–water partition coefficient (Wildman–Crippen LogP) is -9.08. The summed E-state index contributed by atoms with van der Waals surface area (Å²) in [5.74, 6) is -22.6. The number of aliphatic carboxylic acids is 1. The standard InChI is InChI=1S/C85H121N19O28/c1-6-43(4)69(102-71(117)53(87)31-45-12-20-49(110)21-13-45)82(128)96-58(34-48-18-26-52(113)27-19-48)75(121)94-57(33-47-16-24-51(112)25-17-47)77(123)99-61(38-105)72(118)90-37-68(116)91-62(39-106)80(126)103-70(44(5)109)83(129)97-59(35-66(88)114)78(124)95-56(32-46-14-22-50(111)23-15-46)76(122)98-60(36-67(89)115)84(130)104-29-9-11-65(104)81(127)100-63(40-107)79(125)93-55(30-42(2)3)74(120)92-54(10-7-8-28-86)73(119)101-64(41-108)85(131)132/h12-27,42-44,53-65,69-70,105-113H,6-11,28-41,86-87H2,1-5H3,(H2,88,114)(H2,89,115)(H,90,118)(H,91,116)(H,92,120)(H,93,125)(H,94,121)(H,95,124)(H,96,128)(H,97,129)(H,98,122)(H,99,123)(H,100,127)(H,101,119)(H,102,117)(H,103,126)(H,131,132)/t43-,44+,53-,54-,55-,56-,57-,58-,59-,60-,61-,62-,63-,64-,65-,69-,70-/m0/s1. The number of nitrogens with zero attached hydrogens (tertiary/aromatic N) is 1. The topological polar surface area (TPSA) is 785 Å². The summed E-state index contributed by atoms with van der Waals surface area (Å²) < 4.78 is 0. The van der Waals surface area contributed by atoms with E-state index in [1.54, 1.807) is 39.8 Å². The molecule has 0 bridgehead atoms. The molecule has 0 spiro atoms. The third kappa shape index (κ3) is 35.6. The van der Waals surface area contributed by atoms with E-state index >= 15 is 0 Å². The molecule has 4 aromatic rings. The van der Waals surface area contributed by atoms with Crippen LogP contribution in [0.25, 0.3) is 0 Å². The van der Waals surface area contributed by atoms with Crippen LogP contribution in [0.5, 0.6) is 23.0 Å². The van der Waals surface area contributed by atoms with Gasteiger partial charge in [0.15, 0.2) is 0 Å². The summed E-state index contributed by atoms with van der Waals surface area (Å²) in [5.41, 5.74) is 24.5. The molecule has 32 N–H and O–H groups in total. The number of phenols is 4. The summed E-state index contributed by atoms with van der Waals surface area (Å²) in [6, 6.07) is -4.02. The maximum Gasteiger partial charge on any atom is 0.328 e. The summed E-state index contributed by atoms with van der Waals surface area (Å²) in [5, 5.41) is 134. The number of nitrogens with two attached hydrogens (primary N) is 4. The molecule has 724 valence electrons. The van der Waals surface area contributed by atoms with Gasteiger partial charge in [-0.3, -0.25) is 81.5 Å². The van der Waals surface area contributed by atoms with Crippen LogP contribution in [0.3, 0.4) is 0 Å². The largest absolute Gasteiger partial charge is 0.508 e. The number of hydrogen-bond acceptors (Lipinski definition) is 29. The van der Waals surface area contributed by atoms with Crippen LogP contribution in [0.1, 0.15) is 115 Å². The number of carboxylic acids is 1. The zero-order chi connectivity index (χ0) is 98.3. The highest BCUT2D eigenvalue weighted by molar-refractivity contribution is 6.02. The summed E-state index contributed by atoms with van der Waals surface area (Å²) in [6.07, 6.45) is -4.41. The fourth-order valence-electron chi connectivity index (χ4n) is 13.6. The number of carboxylic acid groups (broad SMARTS) is 1. The average molecular weight is 1860 g/mol. The van der Waals surface area contributed by atoms with Crippen molar-refractivity contribution in [2.45, 2.75) is 215 Å². The lowest BCUT2D eigenvalue weighted by molar-refractivity contribution is -0.144. The van der Waals surface area contributed by atoms with Gasteiger partial charge in [-0.2, -0.15) is 0 Å². The molecule has 0 aliphatic carbocycles. The van der Waals surface area contributed by atoms with Gasteiger partial charge in [0.1, 0.15) is 108 Å². The fourth-order valence-corrected chi connectivity index (χ4v) is 13.6. The molecule has 1 saturated heterocycles. The van der Waals surface area contributed by atoms with Crippen LogP contribution >= 0.6 is 0 Å². The van der Waals surface area contributed by atoms with Crippen molar-refractivity contribution in [1.29, 1.82) is 0 Å².